The third-order valence-electron chi connectivity index (χ3n) is 5.66. The largest absolute Gasteiger partial charge is 0.378 e. The van der Waals surface area contributed by atoms with Crippen molar-refractivity contribution in [3.8, 4) is 0 Å². The van der Waals surface area contributed by atoms with Gasteiger partial charge in [0.15, 0.2) is 0 Å². The number of hydrogen-bond acceptors (Lipinski definition) is 3. The molecule has 0 saturated heterocycles. The van der Waals surface area contributed by atoms with Crippen LogP contribution in [0.5, 0.6) is 0 Å². The van der Waals surface area contributed by atoms with Gasteiger partial charge in [-0.2, -0.15) is 0 Å². The van der Waals surface area contributed by atoms with Crippen LogP contribution in [0.2, 0.25) is 0 Å². The minimum Gasteiger partial charge on any atom is -0.378 e. The van der Waals surface area contributed by atoms with E-state index in [2.05, 4.69) is 5.32 Å². The Morgan fingerprint density at radius 1 is 1.33 bits per heavy atom. The van der Waals surface area contributed by atoms with Crippen LogP contribution in [0.25, 0.3) is 0 Å². The van der Waals surface area contributed by atoms with Gasteiger partial charge in [-0.05, 0) is 31.7 Å². The first-order valence-electron chi connectivity index (χ1n) is 8.87. The molecule has 2 aliphatic rings. The number of carbonyl (C=O) groups is 1. The molecule has 134 valence electrons. The number of halogens is 1. The minimum atomic E-state index is -0.238. The predicted molar refractivity (Wildman–Crippen MR) is 98.1 cm³/mol. The maximum Gasteiger partial charge on any atom is 0.222 e. The van der Waals surface area contributed by atoms with E-state index < -0.39 is 0 Å². The number of amides is 1. The number of carbonyl (C=O) groups excluding carboxylic acids is 1. The standard InChI is InChI=1S/C19H28N2O2.ClH/c1-2-23-17-13-16(19(17)10-6-7-11-19)21-18(22)12-15(20)14-8-4-3-5-9-14;/h3-5,8-9,15-17H,2,6-7,10-13,20H2,1H3,(H,21,22);1H. The highest BCUT2D eigenvalue weighted by Gasteiger charge is 2.57. The van der Waals surface area contributed by atoms with E-state index >= 15 is 0 Å². The summed E-state index contributed by atoms with van der Waals surface area (Å²) in [5, 5.41) is 3.24. The van der Waals surface area contributed by atoms with Crippen molar-refractivity contribution < 1.29 is 9.53 Å². The fourth-order valence-corrected chi connectivity index (χ4v) is 4.36. The van der Waals surface area contributed by atoms with Crippen LogP contribution >= 0.6 is 12.4 Å². The molecule has 0 radical (unpaired) electrons. The molecule has 24 heavy (non-hydrogen) atoms. The van der Waals surface area contributed by atoms with Gasteiger partial charge in [0, 0.05) is 30.5 Å². The van der Waals surface area contributed by atoms with Gasteiger partial charge in [0.25, 0.3) is 0 Å². The van der Waals surface area contributed by atoms with Crippen molar-refractivity contribution in [2.24, 2.45) is 11.1 Å². The average Bonchev–Trinajstić information content (AvgIpc) is 3.07. The summed E-state index contributed by atoms with van der Waals surface area (Å²) < 4.78 is 5.90. The molecule has 3 atom stereocenters. The molecule has 3 rings (SSSR count). The summed E-state index contributed by atoms with van der Waals surface area (Å²) in [4.78, 5) is 12.4. The van der Waals surface area contributed by atoms with Gasteiger partial charge in [-0.3, -0.25) is 4.79 Å². The van der Waals surface area contributed by atoms with E-state index in [1.807, 2.05) is 37.3 Å². The SMILES string of the molecule is CCOC1CC(NC(=O)CC(N)c2ccccc2)C12CCCC2.Cl. The normalized spacial score (nSPS) is 25.6. The molecule has 0 heterocycles. The Morgan fingerprint density at radius 3 is 2.62 bits per heavy atom. The Labute approximate surface area is 150 Å². The second-order valence-corrected chi connectivity index (χ2v) is 6.96. The van der Waals surface area contributed by atoms with Gasteiger partial charge < -0.3 is 15.8 Å². The number of nitrogens with two attached hydrogens (primary N) is 1. The van der Waals surface area contributed by atoms with E-state index in [-0.39, 0.29) is 35.8 Å². The van der Waals surface area contributed by atoms with Crippen LogP contribution in [0.4, 0.5) is 0 Å². The van der Waals surface area contributed by atoms with E-state index in [1.54, 1.807) is 0 Å². The number of ether oxygens (including phenoxy) is 1. The molecule has 4 nitrogen and oxygen atoms in total. The smallest absolute Gasteiger partial charge is 0.222 e. The highest BCUT2D eigenvalue weighted by Crippen LogP contribution is 2.54. The molecule has 0 bridgehead atoms. The summed E-state index contributed by atoms with van der Waals surface area (Å²) in [7, 11) is 0. The van der Waals surface area contributed by atoms with Gasteiger partial charge in [-0.1, -0.05) is 43.2 Å². The molecular formula is C19H29ClN2O2. The topological polar surface area (TPSA) is 64.3 Å². The molecule has 2 fully saturated rings. The van der Waals surface area contributed by atoms with Crippen molar-refractivity contribution >= 4 is 18.3 Å². The lowest BCUT2D eigenvalue weighted by Gasteiger charge is -2.54. The molecule has 3 unspecified atom stereocenters. The molecule has 3 N–H and O–H groups in total. The number of rotatable bonds is 6. The fraction of sp³-hybridized carbons (Fsp3) is 0.632. The Balaban J connectivity index is 0.00000208. The van der Waals surface area contributed by atoms with Crippen LogP contribution in [0.3, 0.4) is 0 Å². The summed E-state index contributed by atoms with van der Waals surface area (Å²) >= 11 is 0. The van der Waals surface area contributed by atoms with E-state index in [0.29, 0.717) is 12.5 Å². The van der Waals surface area contributed by atoms with E-state index in [4.69, 9.17) is 10.5 Å². The monoisotopic (exact) mass is 352 g/mol. The summed E-state index contributed by atoms with van der Waals surface area (Å²) in [6.45, 7) is 2.80. The van der Waals surface area contributed by atoms with Gasteiger partial charge >= 0.3 is 0 Å². The number of benzene rings is 1. The third-order valence-corrected chi connectivity index (χ3v) is 5.66. The zero-order valence-corrected chi connectivity index (χ0v) is 15.2. The van der Waals surface area contributed by atoms with E-state index in [0.717, 1.165) is 18.6 Å². The lowest BCUT2D eigenvalue weighted by atomic mass is 9.60. The second kappa shape index (κ2) is 8.32. The van der Waals surface area contributed by atoms with Crippen LogP contribution in [0, 0.1) is 5.41 Å². The summed E-state index contributed by atoms with van der Waals surface area (Å²) in [6.07, 6.45) is 6.46. The zero-order chi connectivity index (χ0) is 16.3. The average molecular weight is 353 g/mol. The summed E-state index contributed by atoms with van der Waals surface area (Å²) in [6, 6.07) is 9.85. The van der Waals surface area contributed by atoms with Gasteiger partial charge in [0.05, 0.1) is 6.10 Å². The van der Waals surface area contributed by atoms with Gasteiger partial charge in [0.2, 0.25) is 5.91 Å². The van der Waals surface area contributed by atoms with Crippen LogP contribution in [-0.4, -0.2) is 24.7 Å². The van der Waals surface area contributed by atoms with E-state index in [9.17, 15) is 4.79 Å². The van der Waals surface area contributed by atoms with Crippen LogP contribution in [-0.2, 0) is 9.53 Å². The predicted octanol–water partition coefficient (Wildman–Crippen LogP) is 3.35. The molecule has 5 heteroatoms. The van der Waals surface area contributed by atoms with Crippen molar-refractivity contribution in [2.75, 3.05) is 6.61 Å². The van der Waals surface area contributed by atoms with Crippen molar-refractivity contribution in [1.29, 1.82) is 0 Å². The van der Waals surface area contributed by atoms with Crippen molar-refractivity contribution in [3.63, 3.8) is 0 Å². The van der Waals surface area contributed by atoms with Crippen LogP contribution < -0.4 is 11.1 Å². The molecule has 2 aliphatic carbocycles. The molecule has 2 saturated carbocycles. The Bertz CT molecular complexity index is 531. The second-order valence-electron chi connectivity index (χ2n) is 6.96. The lowest BCUT2D eigenvalue weighted by molar-refractivity contribution is -0.144. The number of nitrogens with one attached hydrogen (secondary N) is 1. The first kappa shape index (κ1) is 19.2. The van der Waals surface area contributed by atoms with Crippen LogP contribution in [0.1, 0.15) is 57.1 Å². The summed E-state index contributed by atoms with van der Waals surface area (Å²) in [5.41, 5.74) is 7.36. The first-order valence-corrected chi connectivity index (χ1v) is 8.87. The molecule has 1 aromatic carbocycles. The zero-order valence-electron chi connectivity index (χ0n) is 14.4. The van der Waals surface area contributed by atoms with Crippen molar-refractivity contribution in [2.45, 2.75) is 63.6 Å². The molecule has 1 amide bonds. The maximum atomic E-state index is 12.4. The van der Waals surface area contributed by atoms with Gasteiger partial charge in [-0.25, -0.2) is 0 Å². The Hall–Kier alpha value is -1.10. The molecule has 1 aromatic rings. The maximum absolute atomic E-state index is 12.4. The highest BCUT2D eigenvalue weighted by atomic mass is 35.5. The lowest BCUT2D eigenvalue weighted by Crippen LogP contribution is -2.63. The minimum absolute atomic E-state index is 0. The Morgan fingerprint density at radius 2 is 2.00 bits per heavy atom. The Kier molecular flexibility index (Phi) is 6.67. The summed E-state index contributed by atoms with van der Waals surface area (Å²) in [5.74, 6) is 0.0626. The first-order chi connectivity index (χ1) is 11.2. The van der Waals surface area contributed by atoms with Crippen LogP contribution in [0.15, 0.2) is 30.3 Å². The van der Waals surface area contributed by atoms with Crippen molar-refractivity contribution in [3.05, 3.63) is 35.9 Å². The molecule has 0 aliphatic heterocycles. The quantitative estimate of drug-likeness (QED) is 0.825. The number of hydrogen-bond donors (Lipinski definition) is 2. The molecular weight excluding hydrogens is 324 g/mol. The third kappa shape index (κ3) is 3.76. The van der Waals surface area contributed by atoms with Gasteiger partial charge in [0.1, 0.15) is 0 Å². The van der Waals surface area contributed by atoms with Crippen molar-refractivity contribution in [1.82, 2.24) is 5.32 Å². The van der Waals surface area contributed by atoms with E-state index in [1.165, 1.54) is 25.7 Å². The van der Waals surface area contributed by atoms with Gasteiger partial charge in [-0.15, -0.1) is 12.4 Å². The highest BCUT2D eigenvalue weighted by molar-refractivity contribution is 5.85. The fourth-order valence-electron chi connectivity index (χ4n) is 4.36. The molecule has 0 aromatic heterocycles. The molecule has 1 spiro atoms.